The molecule has 0 saturated carbocycles. The fourth-order valence-electron chi connectivity index (χ4n) is 1.37. The van der Waals surface area contributed by atoms with Crippen molar-refractivity contribution in [2.24, 2.45) is 0 Å². The molecule has 0 fully saturated rings. The lowest BCUT2D eigenvalue weighted by atomic mass is 10.2. The Kier molecular flexibility index (Phi) is 7.39. The minimum atomic E-state index is -0.116. The van der Waals surface area contributed by atoms with E-state index in [0.29, 0.717) is 6.42 Å². The van der Waals surface area contributed by atoms with Crippen molar-refractivity contribution in [1.29, 1.82) is 0 Å². The first-order valence-electron chi connectivity index (χ1n) is 5.94. The van der Waals surface area contributed by atoms with Crippen molar-refractivity contribution in [2.45, 2.75) is 30.7 Å². The summed E-state index contributed by atoms with van der Waals surface area (Å²) in [6.45, 7) is 1.94. The molecule has 1 rings (SSSR count). The molecule has 3 nitrogen and oxygen atoms in total. The second kappa shape index (κ2) is 8.56. The summed E-state index contributed by atoms with van der Waals surface area (Å²) in [5, 5.41) is 11.8. The largest absolute Gasteiger partial charge is 0.394 e. The molecule has 0 bridgehead atoms. The van der Waals surface area contributed by atoms with Crippen LogP contribution in [0.25, 0.3) is 0 Å². The lowest BCUT2D eigenvalue weighted by Gasteiger charge is -2.13. The summed E-state index contributed by atoms with van der Waals surface area (Å²) in [6.07, 6.45) is 1.22. The standard InChI is InChI=1S/C13H18BrNO2S/c1-2-11(9-16)15-13(17)7-8-18-12-5-3-10(14)4-6-12/h3-6,11,16H,2,7-9H2,1H3,(H,15,17). The fraction of sp³-hybridized carbons (Fsp3) is 0.462. The SMILES string of the molecule is CCC(CO)NC(=O)CCSc1ccc(Br)cc1. The van der Waals surface area contributed by atoms with Crippen molar-refractivity contribution in [3.05, 3.63) is 28.7 Å². The maximum atomic E-state index is 11.6. The summed E-state index contributed by atoms with van der Waals surface area (Å²) in [4.78, 5) is 12.7. The number of halogens is 1. The van der Waals surface area contributed by atoms with E-state index in [2.05, 4.69) is 21.2 Å². The van der Waals surface area contributed by atoms with E-state index in [-0.39, 0.29) is 18.6 Å². The Labute approximate surface area is 120 Å². The molecule has 1 aromatic rings. The van der Waals surface area contributed by atoms with Gasteiger partial charge in [-0.1, -0.05) is 22.9 Å². The Morgan fingerprint density at radius 1 is 1.44 bits per heavy atom. The Balaban J connectivity index is 2.25. The smallest absolute Gasteiger partial charge is 0.221 e. The van der Waals surface area contributed by atoms with E-state index in [4.69, 9.17) is 5.11 Å². The maximum Gasteiger partial charge on any atom is 0.221 e. The number of hydrogen-bond acceptors (Lipinski definition) is 3. The summed E-state index contributed by atoms with van der Waals surface area (Å²) >= 11 is 5.04. The molecule has 0 aromatic heterocycles. The zero-order valence-electron chi connectivity index (χ0n) is 10.4. The quantitative estimate of drug-likeness (QED) is 0.755. The predicted octanol–water partition coefficient (Wildman–Crippen LogP) is 2.82. The number of carbonyl (C=O) groups is 1. The highest BCUT2D eigenvalue weighted by molar-refractivity contribution is 9.10. The van der Waals surface area contributed by atoms with Gasteiger partial charge in [0, 0.05) is 21.5 Å². The van der Waals surface area contributed by atoms with Gasteiger partial charge in [0.25, 0.3) is 0 Å². The average molecular weight is 332 g/mol. The van der Waals surface area contributed by atoms with Crippen LogP contribution < -0.4 is 5.32 Å². The van der Waals surface area contributed by atoms with Gasteiger partial charge >= 0.3 is 0 Å². The second-order valence-corrected chi connectivity index (χ2v) is 5.99. The predicted molar refractivity (Wildman–Crippen MR) is 78.8 cm³/mol. The normalized spacial score (nSPS) is 12.2. The van der Waals surface area contributed by atoms with Crippen LogP contribution in [0.3, 0.4) is 0 Å². The molecule has 0 saturated heterocycles. The number of benzene rings is 1. The van der Waals surface area contributed by atoms with Gasteiger partial charge in [-0.2, -0.15) is 0 Å². The summed E-state index contributed by atoms with van der Waals surface area (Å²) in [7, 11) is 0. The maximum absolute atomic E-state index is 11.6. The third kappa shape index (κ3) is 5.89. The molecule has 100 valence electrons. The highest BCUT2D eigenvalue weighted by Gasteiger charge is 2.08. The zero-order valence-corrected chi connectivity index (χ0v) is 12.8. The lowest BCUT2D eigenvalue weighted by Crippen LogP contribution is -2.37. The Hall–Kier alpha value is -0.520. The van der Waals surface area contributed by atoms with Crippen molar-refractivity contribution in [3.8, 4) is 0 Å². The molecular weight excluding hydrogens is 314 g/mol. The van der Waals surface area contributed by atoms with Crippen LogP contribution in [-0.4, -0.2) is 29.4 Å². The zero-order chi connectivity index (χ0) is 13.4. The van der Waals surface area contributed by atoms with E-state index in [1.54, 1.807) is 11.8 Å². The number of amides is 1. The van der Waals surface area contributed by atoms with Gasteiger partial charge < -0.3 is 10.4 Å². The molecular formula is C13H18BrNO2S. The van der Waals surface area contributed by atoms with Gasteiger partial charge in [-0.15, -0.1) is 11.8 Å². The average Bonchev–Trinajstić information content (AvgIpc) is 2.38. The van der Waals surface area contributed by atoms with Crippen molar-refractivity contribution < 1.29 is 9.90 Å². The Morgan fingerprint density at radius 2 is 2.11 bits per heavy atom. The van der Waals surface area contributed by atoms with Gasteiger partial charge in [0.2, 0.25) is 5.91 Å². The van der Waals surface area contributed by atoms with Crippen LogP contribution >= 0.6 is 27.7 Å². The number of rotatable bonds is 7. The number of hydrogen-bond donors (Lipinski definition) is 2. The summed E-state index contributed by atoms with van der Waals surface area (Å²) in [5.41, 5.74) is 0. The van der Waals surface area contributed by atoms with Crippen molar-refractivity contribution in [3.63, 3.8) is 0 Å². The van der Waals surface area contributed by atoms with Crippen LogP contribution in [0.4, 0.5) is 0 Å². The first-order valence-corrected chi connectivity index (χ1v) is 7.72. The van der Waals surface area contributed by atoms with Crippen LogP contribution in [0.15, 0.2) is 33.6 Å². The van der Waals surface area contributed by atoms with Gasteiger partial charge in [0.05, 0.1) is 12.6 Å². The second-order valence-electron chi connectivity index (χ2n) is 3.91. The first-order chi connectivity index (χ1) is 8.65. The van der Waals surface area contributed by atoms with Gasteiger partial charge in [-0.05, 0) is 30.7 Å². The number of carbonyl (C=O) groups excluding carboxylic acids is 1. The molecule has 1 amide bonds. The van der Waals surface area contributed by atoms with E-state index >= 15 is 0 Å². The van der Waals surface area contributed by atoms with Crippen LogP contribution in [0, 0.1) is 0 Å². The number of aliphatic hydroxyl groups excluding tert-OH is 1. The van der Waals surface area contributed by atoms with Crippen LogP contribution in [0.1, 0.15) is 19.8 Å². The van der Waals surface area contributed by atoms with Gasteiger partial charge in [-0.25, -0.2) is 0 Å². The molecule has 1 aromatic carbocycles. The van der Waals surface area contributed by atoms with Crippen molar-refractivity contribution in [2.75, 3.05) is 12.4 Å². The van der Waals surface area contributed by atoms with E-state index in [0.717, 1.165) is 21.5 Å². The molecule has 0 radical (unpaired) electrons. The molecule has 0 aliphatic heterocycles. The molecule has 0 spiro atoms. The van der Waals surface area contributed by atoms with Crippen molar-refractivity contribution in [1.82, 2.24) is 5.32 Å². The van der Waals surface area contributed by atoms with Gasteiger partial charge in [-0.3, -0.25) is 4.79 Å². The molecule has 0 heterocycles. The van der Waals surface area contributed by atoms with Crippen LogP contribution in [0.5, 0.6) is 0 Å². The third-order valence-electron chi connectivity index (χ3n) is 2.49. The molecule has 1 unspecified atom stereocenters. The van der Waals surface area contributed by atoms with Crippen molar-refractivity contribution >= 4 is 33.6 Å². The summed E-state index contributed by atoms with van der Waals surface area (Å²) in [6, 6.07) is 7.91. The van der Waals surface area contributed by atoms with Gasteiger partial charge in [0.15, 0.2) is 0 Å². The molecule has 0 aliphatic carbocycles. The third-order valence-corrected chi connectivity index (χ3v) is 4.03. The van der Waals surface area contributed by atoms with E-state index in [1.165, 1.54) is 0 Å². The number of aliphatic hydroxyl groups is 1. The summed E-state index contributed by atoms with van der Waals surface area (Å²) < 4.78 is 1.05. The molecule has 2 N–H and O–H groups in total. The van der Waals surface area contributed by atoms with E-state index in [9.17, 15) is 4.79 Å². The van der Waals surface area contributed by atoms with Gasteiger partial charge in [0.1, 0.15) is 0 Å². The number of thioether (sulfide) groups is 1. The number of nitrogens with one attached hydrogen (secondary N) is 1. The fourth-order valence-corrected chi connectivity index (χ4v) is 2.49. The molecule has 5 heteroatoms. The summed E-state index contributed by atoms with van der Waals surface area (Å²) in [5.74, 6) is 0.746. The highest BCUT2D eigenvalue weighted by atomic mass is 79.9. The van der Waals surface area contributed by atoms with E-state index in [1.807, 2.05) is 31.2 Å². The topological polar surface area (TPSA) is 49.3 Å². The van der Waals surface area contributed by atoms with Crippen LogP contribution in [0.2, 0.25) is 0 Å². The Morgan fingerprint density at radius 3 is 2.67 bits per heavy atom. The first kappa shape index (κ1) is 15.5. The minimum Gasteiger partial charge on any atom is -0.394 e. The Bertz CT molecular complexity index is 366. The molecule has 1 atom stereocenters. The van der Waals surface area contributed by atoms with E-state index < -0.39 is 0 Å². The molecule has 18 heavy (non-hydrogen) atoms. The van der Waals surface area contributed by atoms with Crippen LogP contribution in [-0.2, 0) is 4.79 Å². The molecule has 0 aliphatic rings. The minimum absolute atomic E-state index is 0.000474. The monoisotopic (exact) mass is 331 g/mol. The lowest BCUT2D eigenvalue weighted by molar-refractivity contribution is -0.121. The highest BCUT2D eigenvalue weighted by Crippen LogP contribution is 2.21.